The average Bonchev–Trinajstić information content (AvgIpc) is 2.45. The normalized spacial score (nSPS) is 11.9. The first kappa shape index (κ1) is 14.7. The van der Waals surface area contributed by atoms with Gasteiger partial charge in [-0.2, -0.15) is 5.26 Å². The van der Waals surface area contributed by atoms with Crippen LogP contribution in [0, 0.1) is 17.1 Å². The number of hydrogen-bond donors (Lipinski definition) is 1. The summed E-state index contributed by atoms with van der Waals surface area (Å²) in [6.45, 7) is 2.48. The first-order valence-electron chi connectivity index (χ1n) is 6.28. The minimum absolute atomic E-state index is 0.0976. The molecule has 20 heavy (non-hydrogen) atoms. The van der Waals surface area contributed by atoms with Gasteiger partial charge < -0.3 is 5.32 Å². The molecule has 2 rings (SSSR count). The monoisotopic (exact) mass is 332 g/mol. The van der Waals surface area contributed by atoms with Crippen LogP contribution in [0.25, 0.3) is 0 Å². The third-order valence-corrected chi connectivity index (χ3v) is 3.88. The molecule has 2 aromatic rings. The Balaban J connectivity index is 2.11. The second kappa shape index (κ2) is 6.65. The lowest BCUT2D eigenvalue weighted by Crippen LogP contribution is -2.19. The standard InChI is InChI=1S/C16H14BrFN2/c1-11(15-4-2-3-5-16(15)17)20-10-13-8-14(18)7-6-12(13)9-19/h2-8,11,20H,10H2,1H3/t11-/m1/s1. The summed E-state index contributed by atoms with van der Waals surface area (Å²) in [4.78, 5) is 0. The Morgan fingerprint density at radius 3 is 2.75 bits per heavy atom. The van der Waals surface area contributed by atoms with Gasteiger partial charge in [-0.15, -0.1) is 0 Å². The number of benzene rings is 2. The zero-order valence-corrected chi connectivity index (χ0v) is 12.6. The summed E-state index contributed by atoms with van der Waals surface area (Å²) in [6, 6.07) is 14.3. The second-order valence-corrected chi connectivity index (χ2v) is 5.39. The van der Waals surface area contributed by atoms with Crippen LogP contribution >= 0.6 is 15.9 Å². The Bertz CT molecular complexity index is 649. The third-order valence-electron chi connectivity index (χ3n) is 3.16. The Hall–Kier alpha value is -1.70. The molecule has 0 spiro atoms. The van der Waals surface area contributed by atoms with Gasteiger partial charge in [-0.1, -0.05) is 34.1 Å². The van der Waals surface area contributed by atoms with E-state index >= 15 is 0 Å². The molecule has 0 aliphatic rings. The minimum Gasteiger partial charge on any atom is -0.306 e. The first-order valence-corrected chi connectivity index (χ1v) is 7.07. The van der Waals surface area contributed by atoms with Crippen molar-refractivity contribution in [3.63, 3.8) is 0 Å². The van der Waals surface area contributed by atoms with Gasteiger partial charge in [0.1, 0.15) is 5.82 Å². The van der Waals surface area contributed by atoms with Crippen LogP contribution in [0.2, 0.25) is 0 Å². The fourth-order valence-corrected chi connectivity index (χ4v) is 2.65. The highest BCUT2D eigenvalue weighted by Crippen LogP contribution is 2.23. The summed E-state index contributed by atoms with van der Waals surface area (Å²) in [5.41, 5.74) is 2.30. The van der Waals surface area contributed by atoms with Gasteiger partial charge in [0, 0.05) is 17.1 Å². The molecular formula is C16H14BrFN2. The SMILES string of the molecule is C[C@@H](NCc1cc(F)ccc1C#N)c1ccccc1Br. The molecule has 0 unspecified atom stereocenters. The van der Waals surface area contributed by atoms with Crippen LogP contribution in [0.5, 0.6) is 0 Å². The van der Waals surface area contributed by atoms with Gasteiger partial charge in [0.2, 0.25) is 0 Å². The van der Waals surface area contributed by atoms with Crippen LogP contribution in [0.1, 0.15) is 29.7 Å². The van der Waals surface area contributed by atoms with Crippen molar-refractivity contribution >= 4 is 15.9 Å². The van der Waals surface area contributed by atoms with E-state index in [0.29, 0.717) is 17.7 Å². The molecule has 0 heterocycles. The molecule has 0 aromatic heterocycles. The molecule has 1 N–H and O–H groups in total. The van der Waals surface area contributed by atoms with Crippen molar-refractivity contribution < 1.29 is 4.39 Å². The number of halogens is 2. The van der Waals surface area contributed by atoms with Crippen LogP contribution in [0.15, 0.2) is 46.9 Å². The number of rotatable bonds is 4. The number of nitrogens with one attached hydrogen (secondary N) is 1. The van der Waals surface area contributed by atoms with Gasteiger partial charge >= 0.3 is 0 Å². The van der Waals surface area contributed by atoms with Crippen LogP contribution in [0.4, 0.5) is 4.39 Å². The van der Waals surface area contributed by atoms with Crippen molar-refractivity contribution in [2.75, 3.05) is 0 Å². The fourth-order valence-electron chi connectivity index (χ4n) is 2.02. The second-order valence-electron chi connectivity index (χ2n) is 4.54. The Morgan fingerprint density at radius 2 is 2.05 bits per heavy atom. The first-order chi connectivity index (χ1) is 9.61. The summed E-state index contributed by atoms with van der Waals surface area (Å²) in [7, 11) is 0. The average molecular weight is 333 g/mol. The van der Waals surface area contributed by atoms with E-state index in [4.69, 9.17) is 5.26 Å². The van der Waals surface area contributed by atoms with E-state index in [1.54, 1.807) is 0 Å². The number of nitriles is 1. The molecule has 0 aliphatic carbocycles. The smallest absolute Gasteiger partial charge is 0.123 e. The molecule has 0 saturated carbocycles. The van der Waals surface area contributed by atoms with Gasteiger partial charge in [0.05, 0.1) is 11.6 Å². The van der Waals surface area contributed by atoms with Crippen molar-refractivity contribution in [3.05, 3.63) is 69.4 Å². The molecule has 0 amide bonds. The molecule has 0 aliphatic heterocycles. The maximum Gasteiger partial charge on any atom is 0.123 e. The van der Waals surface area contributed by atoms with E-state index in [9.17, 15) is 4.39 Å². The molecule has 0 fully saturated rings. The van der Waals surface area contributed by atoms with E-state index in [-0.39, 0.29) is 11.9 Å². The molecular weight excluding hydrogens is 319 g/mol. The quantitative estimate of drug-likeness (QED) is 0.905. The lowest BCUT2D eigenvalue weighted by atomic mass is 10.1. The highest BCUT2D eigenvalue weighted by Gasteiger charge is 2.10. The summed E-state index contributed by atoms with van der Waals surface area (Å²) in [5.74, 6) is -0.325. The van der Waals surface area contributed by atoms with Crippen LogP contribution in [-0.4, -0.2) is 0 Å². The Kier molecular flexibility index (Phi) is 4.89. The Labute approximate surface area is 126 Å². The van der Waals surface area contributed by atoms with Crippen molar-refractivity contribution in [2.45, 2.75) is 19.5 Å². The van der Waals surface area contributed by atoms with Crippen LogP contribution < -0.4 is 5.32 Å². The van der Waals surface area contributed by atoms with Gasteiger partial charge in [-0.05, 0) is 42.3 Å². The summed E-state index contributed by atoms with van der Waals surface area (Å²) in [5, 5.41) is 12.3. The van der Waals surface area contributed by atoms with Gasteiger partial charge in [-0.3, -0.25) is 0 Å². The van der Waals surface area contributed by atoms with E-state index in [2.05, 4.69) is 27.3 Å². The summed E-state index contributed by atoms with van der Waals surface area (Å²) < 4.78 is 14.3. The fraction of sp³-hybridized carbons (Fsp3) is 0.188. The lowest BCUT2D eigenvalue weighted by Gasteiger charge is -2.16. The summed E-state index contributed by atoms with van der Waals surface area (Å²) in [6.07, 6.45) is 0. The van der Waals surface area contributed by atoms with E-state index in [1.807, 2.05) is 31.2 Å². The molecule has 0 radical (unpaired) electrons. The van der Waals surface area contributed by atoms with E-state index < -0.39 is 0 Å². The molecule has 102 valence electrons. The van der Waals surface area contributed by atoms with Gasteiger partial charge in [-0.25, -0.2) is 4.39 Å². The lowest BCUT2D eigenvalue weighted by molar-refractivity contribution is 0.567. The highest BCUT2D eigenvalue weighted by molar-refractivity contribution is 9.10. The van der Waals surface area contributed by atoms with Gasteiger partial charge in [0.15, 0.2) is 0 Å². The van der Waals surface area contributed by atoms with Crippen molar-refractivity contribution in [1.82, 2.24) is 5.32 Å². The van der Waals surface area contributed by atoms with E-state index in [0.717, 1.165) is 10.0 Å². The number of hydrogen-bond acceptors (Lipinski definition) is 2. The zero-order chi connectivity index (χ0) is 14.5. The predicted octanol–water partition coefficient (Wildman–Crippen LogP) is 4.31. The predicted molar refractivity (Wildman–Crippen MR) is 80.5 cm³/mol. The molecule has 0 saturated heterocycles. The molecule has 1 atom stereocenters. The maximum atomic E-state index is 13.3. The van der Waals surface area contributed by atoms with Crippen molar-refractivity contribution in [3.8, 4) is 6.07 Å². The minimum atomic E-state index is -0.325. The largest absolute Gasteiger partial charge is 0.306 e. The van der Waals surface area contributed by atoms with E-state index in [1.165, 1.54) is 18.2 Å². The Morgan fingerprint density at radius 1 is 1.30 bits per heavy atom. The molecule has 0 bridgehead atoms. The zero-order valence-electron chi connectivity index (χ0n) is 11.0. The molecule has 2 aromatic carbocycles. The molecule has 2 nitrogen and oxygen atoms in total. The van der Waals surface area contributed by atoms with Crippen molar-refractivity contribution in [1.29, 1.82) is 5.26 Å². The highest BCUT2D eigenvalue weighted by atomic mass is 79.9. The topological polar surface area (TPSA) is 35.8 Å². The maximum absolute atomic E-state index is 13.3. The van der Waals surface area contributed by atoms with Gasteiger partial charge in [0.25, 0.3) is 0 Å². The van der Waals surface area contributed by atoms with Crippen LogP contribution in [0.3, 0.4) is 0 Å². The van der Waals surface area contributed by atoms with Crippen LogP contribution in [-0.2, 0) is 6.54 Å². The third kappa shape index (κ3) is 3.44. The molecule has 4 heteroatoms. The summed E-state index contributed by atoms with van der Waals surface area (Å²) >= 11 is 3.51. The number of nitrogens with zero attached hydrogens (tertiary/aromatic N) is 1. The van der Waals surface area contributed by atoms with Crippen molar-refractivity contribution in [2.24, 2.45) is 0 Å².